The zero-order valence-corrected chi connectivity index (χ0v) is 17.4. The third-order valence-corrected chi connectivity index (χ3v) is 8.43. The number of nitrogens with one attached hydrogen (secondary N) is 1. The Morgan fingerprint density at radius 1 is 1.03 bits per heavy atom. The van der Waals surface area contributed by atoms with Gasteiger partial charge >= 0.3 is 5.97 Å². The van der Waals surface area contributed by atoms with Gasteiger partial charge in [-0.1, -0.05) is 12.8 Å². The largest absolute Gasteiger partial charge is 0.455 e. The number of nitrogens with zero attached hydrogens (tertiary/aromatic N) is 1. The Balaban J connectivity index is 1.06. The van der Waals surface area contributed by atoms with Crippen LogP contribution in [-0.2, 0) is 19.1 Å². The van der Waals surface area contributed by atoms with E-state index in [4.69, 9.17) is 4.74 Å². The number of likely N-dealkylation sites (tertiary alicyclic amines) is 1. The summed E-state index contributed by atoms with van der Waals surface area (Å²) in [6.07, 6.45) is 12.6. The molecule has 1 atom stereocenters. The first-order valence-electron chi connectivity index (χ1n) is 11.7. The van der Waals surface area contributed by atoms with Crippen LogP contribution in [0.15, 0.2) is 0 Å². The van der Waals surface area contributed by atoms with Crippen molar-refractivity contribution in [1.82, 2.24) is 10.2 Å². The van der Waals surface area contributed by atoms with Gasteiger partial charge in [-0.25, -0.2) is 0 Å². The number of esters is 1. The van der Waals surface area contributed by atoms with Gasteiger partial charge < -0.3 is 15.0 Å². The maximum Gasteiger partial charge on any atom is 0.311 e. The lowest BCUT2D eigenvalue weighted by molar-refractivity contribution is -0.152. The van der Waals surface area contributed by atoms with Gasteiger partial charge in [0.05, 0.1) is 5.92 Å². The van der Waals surface area contributed by atoms with Crippen molar-refractivity contribution in [2.24, 2.45) is 29.1 Å². The molecule has 1 heterocycles. The molecule has 6 aliphatic rings. The van der Waals surface area contributed by atoms with Gasteiger partial charge in [-0.2, -0.15) is 0 Å². The monoisotopic (exact) mass is 402 g/mol. The van der Waals surface area contributed by atoms with E-state index in [9.17, 15) is 14.4 Å². The SMILES string of the molecule is O=C(COC(=O)[C@H]1CC(=O)N(C2CCCC2)C1)NCC12CC3CC(CC(C3)C1)C2. The topological polar surface area (TPSA) is 75.7 Å². The fourth-order valence-electron chi connectivity index (χ4n) is 7.56. The van der Waals surface area contributed by atoms with Gasteiger partial charge in [-0.15, -0.1) is 0 Å². The summed E-state index contributed by atoms with van der Waals surface area (Å²) in [5, 5.41) is 3.05. The van der Waals surface area contributed by atoms with Crippen LogP contribution in [0.2, 0.25) is 0 Å². The summed E-state index contributed by atoms with van der Waals surface area (Å²) >= 11 is 0. The standard InChI is InChI=1S/C23H34N2O4/c26-20(24-14-23-9-15-5-16(10-23)7-17(6-15)11-23)13-29-22(28)18-8-21(27)25(12-18)19-3-1-2-4-19/h15-19H,1-14H2,(H,24,26)/t15?,16?,17?,18-,23?/m0/s1. The molecular formula is C23H34N2O4. The first-order chi connectivity index (χ1) is 14.0. The second-order valence-electron chi connectivity index (χ2n) is 10.7. The highest BCUT2D eigenvalue weighted by Crippen LogP contribution is 2.59. The van der Waals surface area contributed by atoms with Gasteiger partial charge in [-0.05, 0) is 74.5 Å². The number of hydrogen-bond donors (Lipinski definition) is 1. The Bertz CT molecular complexity index is 649. The first-order valence-corrected chi connectivity index (χ1v) is 11.7. The molecule has 0 aromatic heterocycles. The van der Waals surface area contributed by atoms with Crippen molar-refractivity contribution in [3.8, 4) is 0 Å². The third kappa shape index (κ3) is 3.91. The second kappa shape index (κ2) is 7.59. The molecule has 6 nitrogen and oxygen atoms in total. The first kappa shape index (κ1) is 19.4. The molecule has 160 valence electrons. The Morgan fingerprint density at radius 2 is 1.66 bits per heavy atom. The van der Waals surface area contributed by atoms with Crippen LogP contribution < -0.4 is 5.32 Å². The van der Waals surface area contributed by atoms with E-state index in [1.165, 1.54) is 38.5 Å². The molecule has 0 aromatic rings. The molecule has 5 saturated carbocycles. The van der Waals surface area contributed by atoms with E-state index in [-0.39, 0.29) is 30.3 Å². The fourth-order valence-corrected chi connectivity index (χ4v) is 7.56. The molecule has 6 fully saturated rings. The number of amides is 2. The molecule has 4 bridgehead atoms. The van der Waals surface area contributed by atoms with Gasteiger partial charge in [0.15, 0.2) is 6.61 Å². The van der Waals surface area contributed by atoms with Crippen LogP contribution in [-0.4, -0.2) is 48.4 Å². The summed E-state index contributed by atoms with van der Waals surface area (Å²) < 4.78 is 5.29. The van der Waals surface area contributed by atoms with Crippen molar-refractivity contribution in [1.29, 1.82) is 0 Å². The normalized spacial score (nSPS) is 38.6. The van der Waals surface area contributed by atoms with Gasteiger partial charge in [0.2, 0.25) is 5.91 Å². The number of carbonyl (C=O) groups excluding carboxylic acids is 3. The van der Waals surface area contributed by atoms with Crippen LogP contribution in [0.5, 0.6) is 0 Å². The zero-order valence-electron chi connectivity index (χ0n) is 17.4. The van der Waals surface area contributed by atoms with Gasteiger partial charge in [0, 0.05) is 25.6 Å². The smallest absolute Gasteiger partial charge is 0.311 e. The third-order valence-electron chi connectivity index (χ3n) is 8.43. The number of hydrogen-bond acceptors (Lipinski definition) is 4. The van der Waals surface area contributed by atoms with E-state index in [2.05, 4.69) is 5.32 Å². The lowest BCUT2D eigenvalue weighted by Crippen LogP contribution is -2.51. The summed E-state index contributed by atoms with van der Waals surface area (Å²) in [6, 6.07) is 0.295. The van der Waals surface area contributed by atoms with Crippen molar-refractivity contribution in [3.05, 3.63) is 0 Å². The minimum atomic E-state index is -0.418. The van der Waals surface area contributed by atoms with Gasteiger partial charge in [-0.3, -0.25) is 14.4 Å². The highest BCUT2D eigenvalue weighted by molar-refractivity contribution is 5.88. The highest BCUT2D eigenvalue weighted by atomic mass is 16.5. The molecule has 5 aliphatic carbocycles. The van der Waals surface area contributed by atoms with Crippen molar-refractivity contribution < 1.29 is 19.1 Å². The molecule has 1 N–H and O–H groups in total. The molecule has 6 rings (SSSR count). The average Bonchev–Trinajstić information content (AvgIpc) is 3.33. The number of ether oxygens (including phenoxy) is 1. The van der Waals surface area contributed by atoms with Crippen LogP contribution >= 0.6 is 0 Å². The van der Waals surface area contributed by atoms with Gasteiger partial charge in [0.1, 0.15) is 0 Å². The van der Waals surface area contributed by atoms with Crippen molar-refractivity contribution in [2.45, 2.75) is 76.7 Å². The van der Waals surface area contributed by atoms with Crippen molar-refractivity contribution in [3.63, 3.8) is 0 Å². The van der Waals surface area contributed by atoms with E-state index in [1.54, 1.807) is 0 Å². The quantitative estimate of drug-likeness (QED) is 0.693. The van der Waals surface area contributed by atoms with E-state index in [0.29, 0.717) is 12.6 Å². The minimum absolute atomic E-state index is 0.0603. The van der Waals surface area contributed by atoms with Crippen LogP contribution in [0, 0.1) is 29.1 Å². The average molecular weight is 403 g/mol. The van der Waals surface area contributed by atoms with Crippen LogP contribution in [0.25, 0.3) is 0 Å². The fraction of sp³-hybridized carbons (Fsp3) is 0.870. The summed E-state index contributed by atoms with van der Waals surface area (Å²) in [6.45, 7) is 0.959. The molecule has 1 saturated heterocycles. The summed E-state index contributed by atoms with van der Waals surface area (Å²) in [7, 11) is 0. The predicted octanol–water partition coefficient (Wildman–Crippen LogP) is 2.65. The molecule has 1 aliphatic heterocycles. The van der Waals surface area contributed by atoms with Crippen molar-refractivity contribution >= 4 is 17.8 Å². The van der Waals surface area contributed by atoms with E-state index in [0.717, 1.165) is 50.0 Å². The summed E-state index contributed by atoms with van der Waals surface area (Å²) in [5.74, 6) is 1.62. The van der Waals surface area contributed by atoms with E-state index >= 15 is 0 Å². The Kier molecular flexibility index (Phi) is 5.07. The molecule has 0 unspecified atom stereocenters. The van der Waals surface area contributed by atoms with Crippen LogP contribution in [0.1, 0.15) is 70.6 Å². The number of rotatable bonds is 6. The van der Waals surface area contributed by atoms with Gasteiger partial charge in [0.25, 0.3) is 5.91 Å². The molecule has 6 heteroatoms. The maximum atomic E-state index is 12.4. The van der Waals surface area contributed by atoms with E-state index in [1.807, 2.05) is 4.90 Å². The summed E-state index contributed by atoms with van der Waals surface area (Å²) in [5.41, 5.74) is 0.286. The zero-order chi connectivity index (χ0) is 20.0. The van der Waals surface area contributed by atoms with E-state index < -0.39 is 11.9 Å². The predicted molar refractivity (Wildman–Crippen MR) is 107 cm³/mol. The lowest BCUT2D eigenvalue weighted by Gasteiger charge is -2.56. The van der Waals surface area contributed by atoms with Crippen LogP contribution in [0.3, 0.4) is 0 Å². The molecule has 0 radical (unpaired) electrons. The number of carbonyl (C=O) groups is 3. The molecular weight excluding hydrogens is 368 g/mol. The lowest BCUT2D eigenvalue weighted by atomic mass is 9.49. The van der Waals surface area contributed by atoms with Crippen LogP contribution in [0.4, 0.5) is 0 Å². The van der Waals surface area contributed by atoms with Crippen molar-refractivity contribution in [2.75, 3.05) is 19.7 Å². The molecule has 2 amide bonds. The maximum absolute atomic E-state index is 12.4. The Labute approximate surface area is 173 Å². The second-order valence-corrected chi connectivity index (χ2v) is 10.7. The summed E-state index contributed by atoms with van der Waals surface area (Å²) in [4.78, 5) is 38.9. The Morgan fingerprint density at radius 3 is 2.28 bits per heavy atom. The molecule has 0 spiro atoms. The highest BCUT2D eigenvalue weighted by Gasteiger charge is 2.50. The molecule has 29 heavy (non-hydrogen) atoms. The minimum Gasteiger partial charge on any atom is -0.455 e. The molecule has 0 aromatic carbocycles. The Hall–Kier alpha value is -1.59.